The Hall–Kier alpha value is -1.63. The molecule has 5 nitrogen and oxygen atoms in total. The van der Waals surface area contributed by atoms with Crippen LogP contribution in [0.25, 0.3) is 0 Å². The van der Waals surface area contributed by atoms with Crippen molar-refractivity contribution < 1.29 is 13.9 Å². The summed E-state index contributed by atoms with van der Waals surface area (Å²) in [4.78, 5) is 15.7. The van der Waals surface area contributed by atoms with Gasteiger partial charge in [0.05, 0.1) is 37.7 Å². The third-order valence-electron chi connectivity index (χ3n) is 4.83. The van der Waals surface area contributed by atoms with E-state index >= 15 is 0 Å². The average molecular weight is 346 g/mol. The standard InChI is InChI=1S/C18H22N2O3S/c21-18(19-8-16-2-1-5-24-16)7-15-6-14-10-20(11-17(14)23-15)9-13-3-4-22-12-13/h1-5,12,14-15,17H,6-11H2,(H,19,21)/t14-,15+,17+/m1/s1. The van der Waals surface area contributed by atoms with Crippen LogP contribution in [0.3, 0.4) is 0 Å². The molecule has 0 aliphatic carbocycles. The van der Waals surface area contributed by atoms with Gasteiger partial charge >= 0.3 is 0 Å². The zero-order valence-electron chi connectivity index (χ0n) is 13.5. The SMILES string of the molecule is O=C(C[C@@H]1C[C@@H]2CN(Cc3ccoc3)C[C@@H]2O1)NCc1cccs1. The van der Waals surface area contributed by atoms with Crippen LogP contribution in [0.2, 0.25) is 0 Å². The van der Waals surface area contributed by atoms with Crippen molar-refractivity contribution in [3.05, 3.63) is 46.5 Å². The molecule has 2 saturated heterocycles. The second-order valence-corrected chi connectivity index (χ2v) is 7.71. The number of amides is 1. The number of nitrogens with one attached hydrogen (secondary N) is 1. The Labute approximate surface area is 145 Å². The van der Waals surface area contributed by atoms with Crippen molar-refractivity contribution in [1.29, 1.82) is 0 Å². The maximum Gasteiger partial charge on any atom is 0.222 e. The molecule has 0 saturated carbocycles. The van der Waals surface area contributed by atoms with E-state index in [0.717, 1.165) is 26.1 Å². The van der Waals surface area contributed by atoms with Crippen LogP contribution in [0.5, 0.6) is 0 Å². The molecule has 6 heteroatoms. The first-order valence-electron chi connectivity index (χ1n) is 8.44. The molecule has 0 radical (unpaired) electrons. The van der Waals surface area contributed by atoms with Crippen LogP contribution < -0.4 is 5.32 Å². The summed E-state index contributed by atoms with van der Waals surface area (Å²) >= 11 is 1.66. The quantitative estimate of drug-likeness (QED) is 0.874. The molecule has 2 aliphatic rings. The molecule has 24 heavy (non-hydrogen) atoms. The monoisotopic (exact) mass is 346 g/mol. The molecular formula is C18H22N2O3S. The van der Waals surface area contributed by atoms with E-state index in [1.807, 2.05) is 23.6 Å². The van der Waals surface area contributed by atoms with E-state index in [2.05, 4.69) is 10.2 Å². The van der Waals surface area contributed by atoms with Crippen LogP contribution in [0.4, 0.5) is 0 Å². The fourth-order valence-electron chi connectivity index (χ4n) is 3.73. The van der Waals surface area contributed by atoms with Crippen molar-refractivity contribution in [1.82, 2.24) is 10.2 Å². The number of furan rings is 1. The first-order valence-corrected chi connectivity index (χ1v) is 9.32. The van der Waals surface area contributed by atoms with Crippen molar-refractivity contribution in [2.75, 3.05) is 13.1 Å². The molecule has 0 unspecified atom stereocenters. The Morgan fingerprint density at radius 2 is 2.33 bits per heavy atom. The number of thiophene rings is 1. The molecule has 0 aromatic carbocycles. The largest absolute Gasteiger partial charge is 0.472 e. The predicted octanol–water partition coefficient (Wildman–Crippen LogP) is 2.64. The van der Waals surface area contributed by atoms with Crippen LogP contribution in [-0.2, 0) is 22.6 Å². The first-order chi connectivity index (χ1) is 11.8. The van der Waals surface area contributed by atoms with Crippen LogP contribution in [0.15, 0.2) is 40.5 Å². The average Bonchev–Trinajstić information content (AvgIpc) is 3.30. The Morgan fingerprint density at radius 1 is 1.38 bits per heavy atom. The van der Waals surface area contributed by atoms with Crippen molar-refractivity contribution in [2.24, 2.45) is 5.92 Å². The number of hydrogen-bond acceptors (Lipinski definition) is 5. The van der Waals surface area contributed by atoms with Gasteiger partial charge in [0.1, 0.15) is 0 Å². The second-order valence-electron chi connectivity index (χ2n) is 6.68. The highest BCUT2D eigenvalue weighted by atomic mass is 32.1. The van der Waals surface area contributed by atoms with Crippen molar-refractivity contribution in [2.45, 2.75) is 38.1 Å². The Balaban J connectivity index is 1.20. The number of carbonyl (C=O) groups excluding carboxylic acids is 1. The van der Waals surface area contributed by atoms with Gasteiger partial charge in [-0.1, -0.05) is 6.07 Å². The number of nitrogens with zero attached hydrogens (tertiary/aromatic N) is 1. The van der Waals surface area contributed by atoms with E-state index < -0.39 is 0 Å². The summed E-state index contributed by atoms with van der Waals surface area (Å²) < 4.78 is 11.2. The highest BCUT2D eigenvalue weighted by Crippen LogP contribution is 2.34. The molecule has 0 bridgehead atoms. The van der Waals surface area contributed by atoms with E-state index in [-0.39, 0.29) is 18.1 Å². The van der Waals surface area contributed by atoms with Gasteiger partial charge in [-0.15, -0.1) is 11.3 Å². The van der Waals surface area contributed by atoms with Gasteiger partial charge in [0.15, 0.2) is 0 Å². The van der Waals surface area contributed by atoms with Crippen molar-refractivity contribution >= 4 is 17.2 Å². The summed E-state index contributed by atoms with van der Waals surface area (Å²) in [6.45, 7) is 3.53. The molecule has 4 rings (SSSR count). The number of likely N-dealkylation sites (tertiary alicyclic amines) is 1. The van der Waals surface area contributed by atoms with Gasteiger partial charge in [-0.3, -0.25) is 9.69 Å². The molecule has 2 aromatic heterocycles. The predicted molar refractivity (Wildman–Crippen MR) is 91.5 cm³/mol. The molecule has 2 aliphatic heterocycles. The highest BCUT2D eigenvalue weighted by Gasteiger charge is 2.42. The molecule has 0 spiro atoms. The van der Waals surface area contributed by atoms with Gasteiger partial charge in [-0.25, -0.2) is 0 Å². The zero-order chi connectivity index (χ0) is 16.4. The second kappa shape index (κ2) is 7.09. The summed E-state index contributed by atoms with van der Waals surface area (Å²) in [7, 11) is 0. The third kappa shape index (κ3) is 3.71. The van der Waals surface area contributed by atoms with E-state index in [1.54, 1.807) is 23.9 Å². The van der Waals surface area contributed by atoms with Gasteiger partial charge < -0.3 is 14.5 Å². The van der Waals surface area contributed by atoms with Crippen LogP contribution >= 0.6 is 11.3 Å². The van der Waals surface area contributed by atoms with Gasteiger partial charge in [-0.05, 0) is 23.9 Å². The van der Waals surface area contributed by atoms with E-state index in [9.17, 15) is 4.79 Å². The van der Waals surface area contributed by atoms with E-state index in [0.29, 0.717) is 18.9 Å². The van der Waals surface area contributed by atoms with Gasteiger partial charge in [0.25, 0.3) is 0 Å². The first kappa shape index (κ1) is 15.9. The number of ether oxygens (including phenoxy) is 1. The van der Waals surface area contributed by atoms with Crippen molar-refractivity contribution in [3.8, 4) is 0 Å². The number of rotatable bonds is 6. The maximum absolute atomic E-state index is 12.1. The fraction of sp³-hybridized carbons (Fsp3) is 0.500. The lowest BCUT2D eigenvalue weighted by atomic mass is 10.0. The van der Waals surface area contributed by atoms with Gasteiger partial charge in [-0.2, -0.15) is 0 Å². The third-order valence-corrected chi connectivity index (χ3v) is 5.71. The normalized spacial score (nSPS) is 26.6. The molecular weight excluding hydrogens is 324 g/mol. The fourth-order valence-corrected chi connectivity index (χ4v) is 4.37. The van der Waals surface area contributed by atoms with Gasteiger partial charge in [0.2, 0.25) is 5.91 Å². The Morgan fingerprint density at radius 3 is 3.08 bits per heavy atom. The number of hydrogen-bond donors (Lipinski definition) is 1. The van der Waals surface area contributed by atoms with Gasteiger partial charge in [0, 0.05) is 36.0 Å². The minimum Gasteiger partial charge on any atom is -0.472 e. The lowest BCUT2D eigenvalue weighted by molar-refractivity contribution is -0.123. The summed E-state index contributed by atoms with van der Waals surface area (Å²) in [6.07, 6.45) is 5.31. The molecule has 2 aromatic rings. The highest BCUT2D eigenvalue weighted by molar-refractivity contribution is 7.09. The van der Waals surface area contributed by atoms with E-state index in [1.165, 1.54) is 10.4 Å². The summed E-state index contributed by atoms with van der Waals surface area (Å²) in [6, 6.07) is 6.05. The number of fused-ring (bicyclic) bond motifs is 1. The maximum atomic E-state index is 12.1. The Kier molecular flexibility index (Phi) is 4.69. The summed E-state index contributed by atoms with van der Waals surface area (Å²) in [5.74, 6) is 0.635. The molecule has 128 valence electrons. The molecule has 1 N–H and O–H groups in total. The molecule has 1 amide bonds. The minimum atomic E-state index is 0.0689. The lowest BCUT2D eigenvalue weighted by Gasteiger charge is -2.18. The summed E-state index contributed by atoms with van der Waals surface area (Å²) in [5, 5.41) is 5.01. The molecule has 2 fully saturated rings. The van der Waals surface area contributed by atoms with Crippen LogP contribution in [0, 0.1) is 5.92 Å². The topological polar surface area (TPSA) is 54.7 Å². The molecule has 3 atom stereocenters. The van der Waals surface area contributed by atoms with E-state index in [4.69, 9.17) is 9.15 Å². The summed E-state index contributed by atoms with van der Waals surface area (Å²) in [5.41, 5.74) is 1.21. The van der Waals surface area contributed by atoms with Crippen LogP contribution in [-0.4, -0.2) is 36.1 Å². The smallest absolute Gasteiger partial charge is 0.222 e. The molecule has 4 heterocycles. The van der Waals surface area contributed by atoms with Crippen LogP contribution in [0.1, 0.15) is 23.3 Å². The minimum absolute atomic E-state index is 0.0689. The lowest BCUT2D eigenvalue weighted by Crippen LogP contribution is -2.29. The zero-order valence-corrected chi connectivity index (χ0v) is 14.3. The van der Waals surface area contributed by atoms with Crippen molar-refractivity contribution in [3.63, 3.8) is 0 Å². The Bertz CT molecular complexity index is 642. The number of carbonyl (C=O) groups is 1.